The molecule has 0 radical (unpaired) electrons. The number of methoxy groups -OCH3 is 2. The molecular weight excluding hydrogens is 378 g/mol. The Morgan fingerprint density at radius 2 is 1.90 bits per heavy atom. The molecule has 6 nitrogen and oxygen atoms in total. The number of fused-ring (bicyclic) bond motifs is 1. The summed E-state index contributed by atoms with van der Waals surface area (Å²) < 4.78 is 13.1. The molecule has 0 N–H and O–H groups in total. The lowest BCUT2D eigenvalue weighted by Crippen LogP contribution is -2.14. The molecule has 4 rings (SSSR count). The predicted octanol–water partition coefficient (Wildman–Crippen LogP) is 4.80. The number of aromatic nitrogens is 2. The maximum atomic E-state index is 12.8. The van der Waals surface area contributed by atoms with Crippen LogP contribution >= 0.6 is 0 Å². The predicted molar refractivity (Wildman–Crippen MR) is 114 cm³/mol. The number of carbonyl (C=O) groups is 1. The van der Waals surface area contributed by atoms with Crippen LogP contribution in [-0.2, 0) is 5.41 Å². The second-order valence-electron chi connectivity index (χ2n) is 8.35. The number of ether oxygens (including phenoxy) is 2. The standard InChI is InChI=1S/C24H25N3O3/c1-24(2,14-25)17-7-8-27-18(13-26-22(27)12-17)16-10-20(29-3)23(21(11-16)30-4)19(28)9-15-5-6-15/h7-8,10-13,15H,5-6,9H2,1-4H3. The van der Waals surface area contributed by atoms with Crippen molar-refractivity contribution in [2.24, 2.45) is 5.92 Å². The summed E-state index contributed by atoms with van der Waals surface area (Å²) in [4.78, 5) is 17.3. The summed E-state index contributed by atoms with van der Waals surface area (Å²) in [6.07, 6.45) is 6.44. The SMILES string of the molecule is COc1cc(-c2cnc3cc(C(C)(C)C#N)ccn23)cc(OC)c1C(=O)CC1CC1. The molecule has 3 aromatic rings. The van der Waals surface area contributed by atoms with E-state index in [4.69, 9.17) is 9.47 Å². The van der Waals surface area contributed by atoms with E-state index in [1.807, 2.05) is 48.7 Å². The van der Waals surface area contributed by atoms with E-state index in [-0.39, 0.29) is 5.78 Å². The summed E-state index contributed by atoms with van der Waals surface area (Å²) in [5.41, 5.74) is 3.26. The van der Waals surface area contributed by atoms with Crippen LogP contribution in [0.5, 0.6) is 11.5 Å². The minimum atomic E-state index is -0.593. The number of nitriles is 1. The number of carbonyl (C=O) groups excluding carboxylic acids is 1. The molecule has 1 fully saturated rings. The van der Waals surface area contributed by atoms with Crippen molar-refractivity contribution < 1.29 is 14.3 Å². The van der Waals surface area contributed by atoms with Gasteiger partial charge in [-0.15, -0.1) is 0 Å². The Morgan fingerprint density at radius 1 is 1.23 bits per heavy atom. The van der Waals surface area contributed by atoms with E-state index in [1.54, 1.807) is 20.4 Å². The van der Waals surface area contributed by atoms with Gasteiger partial charge in [0.2, 0.25) is 0 Å². The highest BCUT2D eigenvalue weighted by Gasteiger charge is 2.29. The van der Waals surface area contributed by atoms with E-state index >= 15 is 0 Å². The molecule has 2 heterocycles. The van der Waals surface area contributed by atoms with Crippen molar-refractivity contribution in [1.82, 2.24) is 9.38 Å². The fourth-order valence-corrected chi connectivity index (χ4v) is 3.67. The zero-order valence-electron chi connectivity index (χ0n) is 17.7. The number of hydrogen-bond donors (Lipinski definition) is 0. The number of hydrogen-bond acceptors (Lipinski definition) is 5. The Bertz CT molecular complexity index is 1140. The fourth-order valence-electron chi connectivity index (χ4n) is 3.67. The molecule has 6 heteroatoms. The van der Waals surface area contributed by atoms with Crippen molar-refractivity contribution in [2.75, 3.05) is 14.2 Å². The monoisotopic (exact) mass is 403 g/mol. The van der Waals surface area contributed by atoms with Gasteiger partial charge in [-0.05, 0) is 62.4 Å². The average Bonchev–Trinajstić information content (AvgIpc) is 3.47. The molecule has 2 aromatic heterocycles. The third-order valence-electron chi connectivity index (χ3n) is 5.77. The Hall–Kier alpha value is -3.33. The van der Waals surface area contributed by atoms with Crippen molar-refractivity contribution in [3.8, 4) is 28.8 Å². The van der Waals surface area contributed by atoms with Gasteiger partial charge in [-0.25, -0.2) is 4.98 Å². The molecule has 0 amide bonds. The Balaban J connectivity index is 1.79. The number of benzene rings is 1. The number of imidazole rings is 1. The van der Waals surface area contributed by atoms with Gasteiger partial charge in [0.1, 0.15) is 22.7 Å². The van der Waals surface area contributed by atoms with Gasteiger partial charge in [0.25, 0.3) is 0 Å². The van der Waals surface area contributed by atoms with Crippen LogP contribution in [0.1, 0.15) is 49.0 Å². The molecule has 0 bridgehead atoms. The molecule has 0 atom stereocenters. The highest BCUT2D eigenvalue weighted by molar-refractivity contribution is 6.02. The smallest absolute Gasteiger partial charge is 0.170 e. The van der Waals surface area contributed by atoms with Gasteiger partial charge in [-0.1, -0.05) is 0 Å². The van der Waals surface area contributed by atoms with Gasteiger partial charge in [0.15, 0.2) is 5.78 Å². The van der Waals surface area contributed by atoms with Crippen LogP contribution in [0.4, 0.5) is 0 Å². The normalized spacial score (nSPS) is 13.8. The zero-order valence-corrected chi connectivity index (χ0v) is 17.7. The average molecular weight is 403 g/mol. The minimum Gasteiger partial charge on any atom is -0.496 e. The van der Waals surface area contributed by atoms with Crippen LogP contribution < -0.4 is 9.47 Å². The molecule has 1 saturated carbocycles. The number of ketones is 1. The van der Waals surface area contributed by atoms with Gasteiger partial charge < -0.3 is 9.47 Å². The van der Waals surface area contributed by atoms with Crippen LogP contribution in [0.15, 0.2) is 36.7 Å². The van der Waals surface area contributed by atoms with E-state index in [0.29, 0.717) is 29.4 Å². The summed E-state index contributed by atoms with van der Waals surface area (Å²) in [7, 11) is 3.13. The molecule has 30 heavy (non-hydrogen) atoms. The van der Waals surface area contributed by atoms with Gasteiger partial charge in [-0.3, -0.25) is 9.20 Å². The minimum absolute atomic E-state index is 0.0549. The van der Waals surface area contributed by atoms with Gasteiger partial charge in [-0.2, -0.15) is 5.26 Å². The molecular formula is C24H25N3O3. The van der Waals surface area contributed by atoms with Crippen molar-refractivity contribution in [3.63, 3.8) is 0 Å². The molecule has 1 aliphatic rings. The lowest BCUT2D eigenvalue weighted by molar-refractivity contribution is 0.0970. The molecule has 1 aromatic carbocycles. The first-order valence-corrected chi connectivity index (χ1v) is 10.1. The van der Waals surface area contributed by atoms with Crippen molar-refractivity contribution >= 4 is 11.4 Å². The van der Waals surface area contributed by atoms with E-state index in [1.165, 1.54) is 0 Å². The topological polar surface area (TPSA) is 76.6 Å². The number of rotatable bonds is 7. The van der Waals surface area contributed by atoms with Crippen LogP contribution in [0.2, 0.25) is 0 Å². The first-order chi connectivity index (χ1) is 14.4. The maximum Gasteiger partial charge on any atom is 0.170 e. The van der Waals surface area contributed by atoms with Crippen LogP contribution in [0.3, 0.4) is 0 Å². The lowest BCUT2D eigenvalue weighted by Gasteiger charge is -2.16. The van der Waals surface area contributed by atoms with E-state index in [9.17, 15) is 10.1 Å². The molecule has 0 spiro atoms. The van der Waals surface area contributed by atoms with Crippen molar-refractivity contribution in [1.29, 1.82) is 5.26 Å². The number of nitrogens with zero attached hydrogens (tertiary/aromatic N) is 3. The summed E-state index contributed by atoms with van der Waals surface area (Å²) in [6.45, 7) is 3.77. The fraction of sp³-hybridized carbons (Fsp3) is 0.375. The largest absolute Gasteiger partial charge is 0.496 e. The van der Waals surface area contributed by atoms with Gasteiger partial charge >= 0.3 is 0 Å². The lowest BCUT2D eigenvalue weighted by atomic mass is 9.87. The summed E-state index contributed by atoms with van der Waals surface area (Å²) in [5.74, 6) is 1.55. The first-order valence-electron chi connectivity index (χ1n) is 10.1. The molecule has 0 unspecified atom stereocenters. The number of Topliss-reactive ketones (excluding diaryl/α,β-unsaturated/α-hetero) is 1. The van der Waals surface area contributed by atoms with E-state index in [2.05, 4.69) is 11.1 Å². The second kappa shape index (κ2) is 7.49. The second-order valence-corrected chi connectivity index (χ2v) is 8.35. The highest BCUT2D eigenvalue weighted by atomic mass is 16.5. The molecule has 154 valence electrons. The van der Waals surface area contributed by atoms with Gasteiger partial charge in [0, 0.05) is 18.2 Å². The maximum absolute atomic E-state index is 12.8. The van der Waals surface area contributed by atoms with Crippen molar-refractivity contribution in [2.45, 2.75) is 38.5 Å². The molecule has 0 saturated heterocycles. The Kier molecular flexibility index (Phi) is 4.98. The van der Waals surface area contributed by atoms with E-state index < -0.39 is 5.41 Å². The molecule has 0 aliphatic heterocycles. The summed E-state index contributed by atoms with van der Waals surface area (Å²) >= 11 is 0. The summed E-state index contributed by atoms with van der Waals surface area (Å²) in [5, 5.41) is 9.41. The quantitative estimate of drug-likeness (QED) is 0.530. The van der Waals surface area contributed by atoms with Crippen LogP contribution in [0, 0.1) is 17.2 Å². The molecule has 1 aliphatic carbocycles. The Morgan fingerprint density at radius 3 is 2.47 bits per heavy atom. The summed E-state index contributed by atoms with van der Waals surface area (Å²) in [6, 6.07) is 9.90. The Labute approximate surface area is 176 Å². The van der Waals surface area contributed by atoms with Gasteiger partial charge in [0.05, 0.1) is 37.6 Å². The zero-order chi connectivity index (χ0) is 21.5. The first kappa shape index (κ1) is 20.0. The third-order valence-corrected chi connectivity index (χ3v) is 5.77. The third kappa shape index (κ3) is 3.52. The van der Waals surface area contributed by atoms with Crippen LogP contribution in [0.25, 0.3) is 16.9 Å². The highest BCUT2D eigenvalue weighted by Crippen LogP contribution is 2.40. The van der Waals surface area contributed by atoms with Crippen LogP contribution in [-0.4, -0.2) is 29.4 Å². The van der Waals surface area contributed by atoms with E-state index in [0.717, 1.165) is 35.3 Å². The number of pyridine rings is 1. The van der Waals surface area contributed by atoms with Crippen molar-refractivity contribution in [3.05, 3.63) is 47.8 Å².